The first kappa shape index (κ1) is 18.0. The second kappa shape index (κ2) is 9.84. The standard InChI is InChI=1S/C16H27FN2O2/c1-13(18)16(14-5-7-15(17)8-6-14)19(10-12-21-3)9-4-11-20-2/h5-8,13,16H,4,9-12,18H2,1-3H3. The molecular formula is C16H27FN2O2. The molecule has 0 spiro atoms. The van der Waals surface area contributed by atoms with Gasteiger partial charge < -0.3 is 15.2 Å². The zero-order chi connectivity index (χ0) is 15.7. The maximum atomic E-state index is 13.1. The summed E-state index contributed by atoms with van der Waals surface area (Å²) in [6.07, 6.45) is 0.921. The highest BCUT2D eigenvalue weighted by molar-refractivity contribution is 5.21. The molecule has 0 saturated carbocycles. The lowest BCUT2D eigenvalue weighted by Gasteiger charge is -2.34. The molecule has 0 aliphatic carbocycles. The molecule has 1 aromatic carbocycles. The van der Waals surface area contributed by atoms with Crippen LogP contribution in [0.2, 0.25) is 0 Å². The van der Waals surface area contributed by atoms with Crippen LogP contribution in [0.3, 0.4) is 0 Å². The SMILES string of the molecule is COCCCN(CCOC)C(c1ccc(F)cc1)C(C)N. The molecule has 0 amide bonds. The van der Waals surface area contributed by atoms with Crippen molar-refractivity contribution in [3.05, 3.63) is 35.6 Å². The van der Waals surface area contributed by atoms with E-state index in [0.29, 0.717) is 13.2 Å². The van der Waals surface area contributed by atoms with Gasteiger partial charge in [0.15, 0.2) is 0 Å². The Hall–Kier alpha value is -1.01. The Kier molecular flexibility index (Phi) is 8.45. The van der Waals surface area contributed by atoms with Crippen molar-refractivity contribution in [1.82, 2.24) is 4.90 Å². The average Bonchev–Trinajstić information content (AvgIpc) is 2.46. The number of hydrogen-bond donors (Lipinski definition) is 1. The van der Waals surface area contributed by atoms with E-state index in [-0.39, 0.29) is 17.9 Å². The summed E-state index contributed by atoms with van der Waals surface area (Å²) >= 11 is 0. The number of halogens is 1. The van der Waals surface area contributed by atoms with Gasteiger partial charge in [0.1, 0.15) is 5.82 Å². The zero-order valence-corrected chi connectivity index (χ0v) is 13.2. The molecule has 0 bridgehead atoms. The van der Waals surface area contributed by atoms with Gasteiger partial charge in [-0.15, -0.1) is 0 Å². The van der Waals surface area contributed by atoms with Crippen molar-refractivity contribution in [2.45, 2.75) is 25.4 Å². The maximum Gasteiger partial charge on any atom is 0.123 e. The van der Waals surface area contributed by atoms with Crippen LogP contribution in [0, 0.1) is 5.82 Å². The molecule has 0 radical (unpaired) electrons. The zero-order valence-electron chi connectivity index (χ0n) is 13.2. The number of ether oxygens (including phenoxy) is 2. The Morgan fingerprint density at radius 1 is 1.10 bits per heavy atom. The Bertz CT molecular complexity index is 384. The topological polar surface area (TPSA) is 47.7 Å². The van der Waals surface area contributed by atoms with Crippen LogP contribution in [0.25, 0.3) is 0 Å². The van der Waals surface area contributed by atoms with E-state index in [1.54, 1.807) is 26.4 Å². The molecule has 120 valence electrons. The molecule has 5 heteroatoms. The number of methoxy groups -OCH3 is 2. The van der Waals surface area contributed by atoms with Gasteiger partial charge in [-0.1, -0.05) is 12.1 Å². The molecule has 0 aromatic heterocycles. The van der Waals surface area contributed by atoms with Crippen LogP contribution in [0.4, 0.5) is 4.39 Å². The lowest BCUT2D eigenvalue weighted by atomic mass is 9.98. The summed E-state index contributed by atoms with van der Waals surface area (Å²) in [5.41, 5.74) is 7.20. The van der Waals surface area contributed by atoms with Gasteiger partial charge in [0.2, 0.25) is 0 Å². The molecule has 0 fully saturated rings. The minimum Gasteiger partial charge on any atom is -0.385 e. The fourth-order valence-electron chi connectivity index (χ4n) is 2.52. The largest absolute Gasteiger partial charge is 0.385 e. The highest BCUT2D eigenvalue weighted by Crippen LogP contribution is 2.24. The monoisotopic (exact) mass is 298 g/mol. The lowest BCUT2D eigenvalue weighted by molar-refractivity contribution is 0.0981. The molecule has 21 heavy (non-hydrogen) atoms. The van der Waals surface area contributed by atoms with E-state index in [9.17, 15) is 4.39 Å². The van der Waals surface area contributed by atoms with E-state index in [4.69, 9.17) is 15.2 Å². The molecule has 2 atom stereocenters. The maximum absolute atomic E-state index is 13.1. The predicted octanol–water partition coefficient (Wildman–Crippen LogP) is 2.20. The smallest absolute Gasteiger partial charge is 0.123 e. The Morgan fingerprint density at radius 2 is 1.71 bits per heavy atom. The van der Waals surface area contributed by atoms with E-state index in [0.717, 1.165) is 25.1 Å². The highest BCUT2D eigenvalue weighted by Gasteiger charge is 2.23. The van der Waals surface area contributed by atoms with Crippen LogP contribution in [-0.4, -0.2) is 51.5 Å². The van der Waals surface area contributed by atoms with Gasteiger partial charge in [-0.05, 0) is 31.0 Å². The molecule has 4 nitrogen and oxygen atoms in total. The summed E-state index contributed by atoms with van der Waals surface area (Å²) in [5, 5.41) is 0. The summed E-state index contributed by atoms with van der Waals surface area (Å²) < 4.78 is 23.4. The average molecular weight is 298 g/mol. The molecule has 0 saturated heterocycles. The summed E-state index contributed by atoms with van der Waals surface area (Å²) in [6.45, 7) is 4.96. The molecule has 2 unspecified atom stereocenters. The van der Waals surface area contributed by atoms with Crippen molar-refractivity contribution in [3.8, 4) is 0 Å². The number of nitrogens with zero attached hydrogens (tertiary/aromatic N) is 1. The highest BCUT2D eigenvalue weighted by atomic mass is 19.1. The lowest BCUT2D eigenvalue weighted by Crippen LogP contribution is -2.42. The second-order valence-electron chi connectivity index (χ2n) is 5.23. The molecule has 2 N–H and O–H groups in total. The van der Waals surface area contributed by atoms with E-state index in [2.05, 4.69) is 4.90 Å². The minimum atomic E-state index is -0.231. The number of nitrogens with two attached hydrogens (primary N) is 1. The predicted molar refractivity (Wildman–Crippen MR) is 82.7 cm³/mol. The van der Waals surface area contributed by atoms with Crippen LogP contribution in [0.5, 0.6) is 0 Å². The van der Waals surface area contributed by atoms with Crippen molar-refractivity contribution < 1.29 is 13.9 Å². The number of rotatable bonds is 10. The van der Waals surface area contributed by atoms with Gasteiger partial charge in [-0.25, -0.2) is 4.39 Å². The van der Waals surface area contributed by atoms with Crippen molar-refractivity contribution in [2.24, 2.45) is 5.73 Å². The van der Waals surface area contributed by atoms with E-state index >= 15 is 0 Å². The molecular weight excluding hydrogens is 271 g/mol. The third-order valence-corrected chi connectivity index (χ3v) is 3.48. The molecule has 1 aromatic rings. The van der Waals surface area contributed by atoms with Gasteiger partial charge in [0, 0.05) is 46.0 Å². The van der Waals surface area contributed by atoms with Gasteiger partial charge in [-0.3, -0.25) is 4.90 Å². The van der Waals surface area contributed by atoms with Crippen LogP contribution in [-0.2, 0) is 9.47 Å². The normalized spacial score (nSPS) is 14.4. The Labute approximate surface area is 127 Å². The fourth-order valence-corrected chi connectivity index (χ4v) is 2.52. The quantitative estimate of drug-likeness (QED) is 0.673. The number of hydrogen-bond acceptors (Lipinski definition) is 4. The van der Waals surface area contributed by atoms with E-state index in [1.807, 2.05) is 6.92 Å². The molecule has 0 heterocycles. The van der Waals surface area contributed by atoms with Crippen LogP contribution in [0.15, 0.2) is 24.3 Å². The summed E-state index contributed by atoms with van der Waals surface area (Å²) in [4.78, 5) is 2.28. The van der Waals surface area contributed by atoms with Crippen molar-refractivity contribution >= 4 is 0 Å². The third kappa shape index (κ3) is 6.09. The minimum absolute atomic E-state index is 0.0395. The van der Waals surface area contributed by atoms with Gasteiger partial charge in [0.05, 0.1) is 6.61 Å². The first-order valence-electron chi connectivity index (χ1n) is 7.33. The Morgan fingerprint density at radius 3 is 2.24 bits per heavy atom. The first-order valence-corrected chi connectivity index (χ1v) is 7.33. The summed E-state index contributed by atoms with van der Waals surface area (Å²) in [6, 6.07) is 6.55. The van der Waals surface area contributed by atoms with E-state index in [1.165, 1.54) is 12.1 Å². The van der Waals surface area contributed by atoms with Gasteiger partial charge in [0.25, 0.3) is 0 Å². The van der Waals surface area contributed by atoms with Crippen molar-refractivity contribution in [3.63, 3.8) is 0 Å². The summed E-state index contributed by atoms with van der Waals surface area (Å²) in [5.74, 6) is -0.231. The van der Waals surface area contributed by atoms with Gasteiger partial charge in [-0.2, -0.15) is 0 Å². The molecule has 1 rings (SSSR count). The van der Waals surface area contributed by atoms with Crippen molar-refractivity contribution in [2.75, 3.05) is 40.5 Å². The second-order valence-corrected chi connectivity index (χ2v) is 5.23. The van der Waals surface area contributed by atoms with Crippen LogP contribution in [0.1, 0.15) is 24.9 Å². The van der Waals surface area contributed by atoms with Gasteiger partial charge >= 0.3 is 0 Å². The third-order valence-electron chi connectivity index (χ3n) is 3.48. The van der Waals surface area contributed by atoms with Crippen LogP contribution < -0.4 is 5.73 Å². The summed E-state index contributed by atoms with van der Waals surface area (Å²) in [7, 11) is 3.38. The number of benzene rings is 1. The fraction of sp³-hybridized carbons (Fsp3) is 0.625. The van der Waals surface area contributed by atoms with E-state index < -0.39 is 0 Å². The van der Waals surface area contributed by atoms with Crippen molar-refractivity contribution in [1.29, 1.82) is 0 Å². The van der Waals surface area contributed by atoms with Crippen LogP contribution >= 0.6 is 0 Å². The molecule has 0 aliphatic rings. The molecule has 0 aliphatic heterocycles. The Balaban J connectivity index is 2.86. The first-order chi connectivity index (χ1) is 10.1.